The smallest absolute Gasteiger partial charge is 0.326 e. The molecule has 4 aliphatic carbocycles. The number of rotatable bonds is 5. The molecule has 1 aromatic rings. The molecular formula is C19H19N3O6. The number of amides is 3. The predicted octanol–water partition coefficient (Wildman–Crippen LogP) is 0.518. The fourth-order valence-corrected chi connectivity index (χ4v) is 5.10. The monoisotopic (exact) mass is 385 g/mol. The fourth-order valence-electron chi connectivity index (χ4n) is 5.10. The molecule has 3 amide bonds. The van der Waals surface area contributed by atoms with Crippen LogP contribution in [0.15, 0.2) is 22.7 Å². The molecule has 2 bridgehead atoms. The third kappa shape index (κ3) is 2.56. The summed E-state index contributed by atoms with van der Waals surface area (Å²) >= 11 is 0. The molecule has 28 heavy (non-hydrogen) atoms. The maximum Gasteiger partial charge on any atom is 0.326 e. The van der Waals surface area contributed by atoms with Crippen molar-refractivity contribution in [2.75, 3.05) is 18.5 Å². The van der Waals surface area contributed by atoms with Gasteiger partial charge in [-0.1, -0.05) is 17.3 Å². The number of allylic oxidation sites excluding steroid dienone is 2. The Bertz CT molecular complexity index is 885. The Morgan fingerprint density at radius 2 is 1.86 bits per heavy atom. The van der Waals surface area contributed by atoms with Crippen LogP contribution in [0, 0.1) is 42.4 Å². The highest BCUT2D eigenvalue weighted by Gasteiger charge is 2.67. The number of nitrogens with zero attached hydrogens (tertiary/aromatic N) is 2. The topological polar surface area (TPSA) is 119 Å². The Hall–Kier alpha value is -2.97. The Labute approximate surface area is 160 Å². The number of aryl methyl sites for hydroxylation is 1. The Morgan fingerprint density at radius 3 is 2.43 bits per heavy atom. The van der Waals surface area contributed by atoms with Crippen molar-refractivity contribution >= 4 is 29.5 Å². The quantitative estimate of drug-likeness (QED) is 0.446. The first-order chi connectivity index (χ1) is 13.4. The largest absolute Gasteiger partial charge is 0.454 e. The van der Waals surface area contributed by atoms with Gasteiger partial charge >= 0.3 is 5.97 Å². The second kappa shape index (κ2) is 6.02. The number of carbonyl (C=O) groups is 4. The van der Waals surface area contributed by atoms with E-state index in [0.29, 0.717) is 17.6 Å². The molecule has 6 rings (SSSR count). The summed E-state index contributed by atoms with van der Waals surface area (Å²) in [5, 5.41) is 6.03. The highest BCUT2D eigenvalue weighted by atomic mass is 16.5. The third-order valence-corrected chi connectivity index (χ3v) is 6.30. The van der Waals surface area contributed by atoms with Gasteiger partial charge in [0.1, 0.15) is 12.3 Å². The van der Waals surface area contributed by atoms with Crippen LogP contribution in [0.4, 0.5) is 5.82 Å². The molecule has 1 N–H and O–H groups in total. The van der Waals surface area contributed by atoms with Crippen molar-refractivity contribution in [3.63, 3.8) is 0 Å². The molecule has 5 aliphatic rings. The summed E-state index contributed by atoms with van der Waals surface area (Å²) < 4.78 is 9.75. The predicted molar refractivity (Wildman–Crippen MR) is 92.2 cm³/mol. The summed E-state index contributed by atoms with van der Waals surface area (Å²) in [5.74, 6) is -0.700. The van der Waals surface area contributed by atoms with Crippen LogP contribution in [0.25, 0.3) is 0 Å². The van der Waals surface area contributed by atoms with Crippen molar-refractivity contribution in [2.24, 2.45) is 35.5 Å². The van der Waals surface area contributed by atoms with Gasteiger partial charge in [0.05, 0.1) is 11.8 Å². The number of hydrogen-bond acceptors (Lipinski definition) is 7. The zero-order valence-corrected chi connectivity index (χ0v) is 15.2. The van der Waals surface area contributed by atoms with E-state index in [0.717, 1.165) is 11.3 Å². The zero-order chi connectivity index (χ0) is 19.6. The van der Waals surface area contributed by atoms with Gasteiger partial charge < -0.3 is 14.6 Å². The molecule has 1 aliphatic heterocycles. The molecule has 0 unspecified atom stereocenters. The van der Waals surface area contributed by atoms with E-state index in [9.17, 15) is 19.2 Å². The summed E-state index contributed by atoms with van der Waals surface area (Å²) in [4.78, 5) is 50.5. The molecule has 1 aromatic heterocycles. The van der Waals surface area contributed by atoms with Gasteiger partial charge in [-0.2, -0.15) is 0 Å². The third-order valence-electron chi connectivity index (χ3n) is 6.30. The van der Waals surface area contributed by atoms with Gasteiger partial charge in [0.15, 0.2) is 12.4 Å². The van der Waals surface area contributed by atoms with E-state index >= 15 is 0 Å². The molecule has 2 saturated carbocycles. The van der Waals surface area contributed by atoms with Crippen LogP contribution in [-0.2, 0) is 23.9 Å². The van der Waals surface area contributed by atoms with Crippen LogP contribution in [0.3, 0.4) is 0 Å². The van der Waals surface area contributed by atoms with Gasteiger partial charge in [0, 0.05) is 6.07 Å². The van der Waals surface area contributed by atoms with E-state index in [4.69, 9.17) is 9.26 Å². The average Bonchev–Trinajstić information content (AvgIpc) is 3.35. The molecular weight excluding hydrogens is 366 g/mol. The number of nitrogens with one attached hydrogen (secondary N) is 1. The first-order valence-corrected chi connectivity index (χ1v) is 9.36. The van der Waals surface area contributed by atoms with Gasteiger partial charge in [-0.15, -0.1) is 0 Å². The number of anilines is 1. The van der Waals surface area contributed by atoms with E-state index < -0.39 is 25.0 Å². The lowest BCUT2D eigenvalue weighted by molar-refractivity contribution is -0.154. The Balaban J connectivity index is 1.18. The average molecular weight is 385 g/mol. The number of imide groups is 1. The standard InChI is InChI=1S/C19H19N3O6/c1-8-4-13(21-28-8)20-14(23)7-27-15(24)6-22-18(25)16-9-2-3-10(12-5-11(9)12)17(16)19(22)26/h2-4,9-12,16-17H,5-7H2,1H3,(H,20,21,23)/t9-,10-,11-,12-,16+,17+/m0/s1. The molecule has 0 aromatic carbocycles. The summed E-state index contributed by atoms with van der Waals surface area (Å²) in [5.41, 5.74) is 0. The molecule has 6 atom stereocenters. The number of esters is 1. The second-order valence-corrected chi connectivity index (χ2v) is 7.95. The zero-order valence-electron chi connectivity index (χ0n) is 15.2. The van der Waals surface area contributed by atoms with Crippen molar-refractivity contribution < 1.29 is 28.4 Å². The molecule has 2 heterocycles. The van der Waals surface area contributed by atoms with Crippen molar-refractivity contribution in [3.8, 4) is 0 Å². The molecule has 1 saturated heterocycles. The van der Waals surface area contributed by atoms with Crippen LogP contribution < -0.4 is 5.32 Å². The van der Waals surface area contributed by atoms with Crippen LogP contribution in [0.5, 0.6) is 0 Å². The Morgan fingerprint density at radius 1 is 1.21 bits per heavy atom. The SMILES string of the molecule is Cc1cc(NC(=O)COC(=O)CN2C(=O)[C@@H]3[C@H]4C=C[C@@H]([C@@H]5C[C@@H]45)[C@H]3C2=O)no1. The van der Waals surface area contributed by atoms with E-state index in [1.54, 1.807) is 6.92 Å². The molecule has 0 spiro atoms. The highest BCUT2D eigenvalue weighted by molar-refractivity contribution is 6.08. The minimum atomic E-state index is -0.794. The lowest BCUT2D eigenvalue weighted by Gasteiger charge is -2.37. The number of ether oxygens (including phenoxy) is 1. The van der Waals surface area contributed by atoms with Crippen LogP contribution in [0.1, 0.15) is 12.2 Å². The maximum atomic E-state index is 12.8. The van der Waals surface area contributed by atoms with Crippen molar-refractivity contribution in [1.82, 2.24) is 10.1 Å². The van der Waals surface area contributed by atoms with Crippen molar-refractivity contribution in [1.29, 1.82) is 0 Å². The summed E-state index contributed by atoms with van der Waals surface area (Å²) in [6.45, 7) is 0.677. The molecule has 9 nitrogen and oxygen atoms in total. The van der Waals surface area contributed by atoms with Crippen LogP contribution in [0.2, 0.25) is 0 Å². The number of carbonyl (C=O) groups excluding carboxylic acids is 4. The molecule has 9 heteroatoms. The summed E-state index contributed by atoms with van der Waals surface area (Å²) in [6, 6.07) is 1.52. The number of hydrogen-bond donors (Lipinski definition) is 1. The first-order valence-electron chi connectivity index (χ1n) is 9.36. The number of aromatic nitrogens is 1. The fraction of sp³-hybridized carbons (Fsp3) is 0.526. The van der Waals surface area contributed by atoms with Gasteiger partial charge in [-0.3, -0.25) is 24.1 Å². The summed E-state index contributed by atoms with van der Waals surface area (Å²) in [6.07, 6.45) is 5.23. The van der Waals surface area contributed by atoms with E-state index in [1.807, 2.05) is 0 Å². The van der Waals surface area contributed by atoms with Crippen LogP contribution in [-0.4, -0.2) is 46.9 Å². The van der Waals surface area contributed by atoms with E-state index in [2.05, 4.69) is 22.6 Å². The maximum absolute atomic E-state index is 12.8. The van der Waals surface area contributed by atoms with Crippen molar-refractivity contribution in [3.05, 3.63) is 24.0 Å². The lowest BCUT2D eigenvalue weighted by Crippen LogP contribution is -2.40. The molecule has 146 valence electrons. The second-order valence-electron chi connectivity index (χ2n) is 7.95. The van der Waals surface area contributed by atoms with Crippen LogP contribution >= 0.6 is 0 Å². The Kier molecular flexibility index (Phi) is 3.68. The van der Waals surface area contributed by atoms with Crippen molar-refractivity contribution in [2.45, 2.75) is 13.3 Å². The van der Waals surface area contributed by atoms with E-state index in [1.165, 1.54) is 6.07 Å². The minimum Gasteiger partial charge on any atom is -0.454 e. The molecule has 3 fully saturated rings. The normalized spacial score (nSPS) is 34.2. The lowest BCUT2D eigenvalue weighted by atomic mass is 9.63. The minimum absolute atomic E-state index is 0.106. The molecule has 0 radical (unpaired) electrons. The first kappa shape index (κ1) is 17.2. The van der Waals surface area contributed by atoms with Gasteiger partial charge in [-0.25, -0.2) is 0 Å². The highest BCUT2D eigenvalue weighted by Crippen LogP contribution is 2.65. The van der Waals surface area contributed by atoms with Gasteiger partial charge in [-0.05, 0) is 37.0 Å². The summed E-state index contributed by atoms with van der Waals surface area (Å²) in [7, 11) is 0. The van der Waals surface area contributed by atoms with Gasteiger partial charge in [0.2, 0.25) is 11.8 Å². The number of likely N-dealkylation sites (tertiary alicyclic amines) is 1. The van der Waals surface area contributed by atoms with Gasteiger partial charge in [0.25, 0.3) is 5.91 Å². The van der Waals surface area contributed by atoms with E-state index in [-0.39, 0.29) is 41.3 Å².